The monoisotopic (exact) mass is 222 g/mol. The number of nitrogens with one attached hydrogen (secondary N) is 1. The van der Waals surface area contributed by atoms with Crippen molar-refractivity contribution in [2.45, 2.75) is 13.3 Å². The van der Waals surface area contributed by atoms with Crippen LogP contribution in [0.15, 0.2) is 24.4 Å². The molecule has 3 heteroatoms. The first-order valence-corrected chi connectivity index (χ1v) is 5.54. The van der Waals surface area contributed by atoms with Crippen molar-refractivity contribution in [1.29, 1.82) is 0 Å². The van der Waals surface area contributed by atoms with Crippen LogP contribution in [0.5, 0.6) is 0 Å². The molecule has 2 aromatic rings. The van der Waals surface area contributed by atoms with E-state index in [1.807, 2.05) is 24.4 Å². The number of benzene rings is 1. The third kappa shape index (κ3) is 2.16. The summed E-state index contributed by atoms with van der Waals surface area (Å²) < 4.78 is 0. The molecule has 0 aliphatic rings. The van der Waals surface area contributed by atoms with Crippen LogP contribution in [0, 0.1) is 5.92 Å². The van der Waals surface area contributed by atoms with Gasteiger partial charge in [-0.1, -0.05) is 18.5 Å². The number of aromatic amines is 1. The second-order valence-electron chi connectivity index (χ2n) is 4.05. The van der Waals surface area contributed by atoms with Gasteiger partial charge in [-0.25, -0.2) is 0 Å². The lowest BCUT2D eigenvalue weighted by atomic mass is 10.0. The van der Waals surface area contributed by atoms with Gasteiger partial charge < -0.3 is 10.7 Å². The predicted molar refractivity (Wildman–Crippen MR) is 65.2 cm³/mol. The highest BCUT2D eigenvalue weighted by molar-refractivity contribution is 6.31. The molecule has 0 saturated carbocycles. The smallest absolute Gasteiger partial charge is 0.0457 e. The number of hydrogen-bond acceptors (Lipinski definition) is 1. The van der Waals surface area contributed by atoms with Crippen molar-refractivity contribution in [3.63, 3.8) is 0 Å². The lowest BCUT2D eigenvalue weighted by Crippen LogP contribution is -2.12. The first kappa shape index (κ1) is 10.5. The molecule has 1 atom stereocenters. The molecule has 2 nitrogen and oxygen atoms in total. The van der Waals surface area contributed by atoms with Gasteiger partial charge in [0.15, 0.2) is 0 Å². The van der Waals surface area contributed by atoms with Crippen LogP contribution in [0.2, 0.25) is 5.02 Å². The molecule has 0 aliphatic carbocycles. The van der Waals surface area contributed by atoms with Gasteiger partial charge in [-0.05, 0) is 42.6 Å². The van der Waals surface area contributed by atoms with E-state index in [1.165, 1.54) is 10.9 Å². The highest BCUT2D eigenvalue weighted by atomic mass is 35.5. The number of halogens is 1. The van der Waals surface area contributed by atoms with Crippen LogP contribution in [0.3, 0.4) is 0 Å². The number of rotatable bonds is 3. The average molecular weight is 223 g/mol. The van der Waals surface area contributed by atoms with Crippen LogP contribution >= 0.6 is 11.6 Å². The lowest BCUT2D eigenvalue weighted by molar-refractivity contribution is 0.595. The van der Waals surface area contributed by atoms with Crippen molar-refractivity contribution in [3.8, 4) is 0 Å². The minimum absolute atomic E-state index is 0.503. The summed E-state index contributed by atoms with van der Waals surface area (Å²) in [5.74, 6) is 0.503. The molecule has 0 saturated heterocycles. The summed E-state index contributed by atoms with van der Waals surface area (Å²) in [5.41, 5.74) is 8.06. The van der Waals surface area contributed by atoms with Crippen LogP contribution in [-0.4, -0.2) is 11.5 Å². The molecule has 0 fully saturated rings. The van der Waals surface area contributed by atoms with Gasteiger partial charge in [-0.15, -0.1) is 0 Å². The second-order valence-corrected chi connectivity index (χ2v) is 4.49. The van der Waals surface area contributed by atoms with Crippen molar-refractivity contribution in [3.05, 3.63) is 35.0 Å². The van der Waals surface area contributed by atoms with Gasteiger partial charge in [0.25, 0.3) is 0 Å². The molecule has 1 aromatic carbocycles. The minimum atomic E-state index is 0.503. The van der Waals surface area contributed by atoms with Crippen molar-refractivity contribution in [2.75, 3.05) is 6.54 Å². The summed E-state index contributed by atoms with van der Waals surface area (Å²) in [6.45, 7) is 2.87. The molecule has 15 heavy (non-hydrogen) atoms. The number of fused-ring (bicyclic) bond motifs is 1. The molecule has 1 heterocycles. The van der Waals surface area contributed by atoms with E-state index in [1.54, 1.807) is 0 Å². The number of aromatic nitrogens is 1. The van der Waals surface area contributed by atoms with Crippen LogP contribution in [0.1, 0.15) is 12.5 Å². The fraction of sp³-hybridized carbons (Fsp3) is 0.333. The zero-order chi connectivity index (χ0) is 10.8. The molecule has 0 aliphatic heterocycles. The fourth-order valence-corrected chi connectivity index (χ4v) is 1.95. The molecular formula is C12H15ClN2. The number of H-pyrrole nitrogens is 1. The van der Waals surface area contributed by atoms with E-state index in [2.05, 4.69) is 11.9 Å². The lowest BCUT2D eigenvalue weighted by Gasteiger charge is -2.06. The Hall–Kier alpha value is -0.990. The maximum atomic E-state index is 5.98. The van der Waals surface area contributed by atoms with Crippen LogP contribution < -0.4 is 5.73 Å². The van der Waals surface area contributed by atoms with Crippen molar-refractivity contribution >= 4 is 22.5 Å². The van der Waals surface area contributed by atoms with Gasteiger partial charge in [0, 0.05) is 22.1 Å². The average Bonchev–Trinajstić information content (AvgIpc) is 2.61. The van der Waals surface area contributed by atoms with Crippen LogP contribution in [-0.2, 0) is 6.42 Å². The SMILES string of the molecule is CC(CN)Cc1c[nH]c2ccc(Cl)cc12. The second kappa shape index (κ2) is 4.25. The van der Waals surface area contributed by atoms with E-state index in [4.69, 9.17) is 17.3 Å². The first-order valence-electron chi connectivity index (χ1n) is 5.16. The Morgan fingerprint density at radius 2 is 2.27 bits per heavy atom. The Kier molecular flexibility index (Phi) is 2.98. The third-order valence-corrected chi connectivity index (χ3v) is 2.94. The van der Waals surface area contributed by atoms with E-state index >= 15 is 0 Å². The van der Waals surface area contributed by atoms with Crippen molar-refractivity contribution < 1.29 is 0 Å². The summed E-state index contributed by atoms with van der Waals surface area (Å²) in [6.07, 6.45) is 3.05. The zero-order valence-electron chi connectivity index (χ0n) is 8.76. The maximum absolute atomic E-state index is 5.98. The highest BCUT2D eigenvalue weighted by Crippen LogP contribution is 2.24. The third-order valence-electron chi connectivity index (χ3n) is 2.70. The molecule has 2 rings (SSSR count). The quantitative estimate of drug-likeness (QED) is 0.824. The normalized spacial score (nSPS) is 13.3. The van der Waals surface area contributed by atoms with Gasteiger partial charge in [-0.3, -0.25) is 0 Å². The minimum Gasteiger partial charge on any atom is -0.361 e. The largest absolute Gasteiger partial charge is 0.361 e. The van der Waals surface area contributed by atoms with Gasteiger partial charge >= 0.3 is 0 Å². The van der Waals surface area contributed by atoms with Crippen molar-refractivity contribution in [2.24, 2.45) is 11.7 Å². The van der Waals surface area contributed by atoms with E-state index in [0.717, 1.165) is 17.0 Å². The summed E-state index contributed by atoms with van der Waals surface area (Å²) in [4.78, 5) is 3.25. The molecule has 80 valence electrons. The molecule has 1 aromatic heterocycles. The van der Waals surface area contributed by atoms with Gasteiger partial charge in [0.05, 0.1) is 0 Å². The predicted octanol–water partition coefficient (Wildman–Crippen LogP) is 2.96. The Morgan fingerprint density at radius 1 is 1.47 bits per heavy atom. The van der Waals surface area contributed by atoms with Crippen molar-refractivity contribution in [1.82, 2.24) is 4.98 Å². The van der Waals surface area contributed by atoms with E-state index in [9.17, 15) is 0 Å². The Labute approximate surface area is 94.4 Å². The summed E-state index contributed by atoms with van der Waals surface area (Å²) in [7, 11) is 0. The number of nitrogens with two attached hydrogens (primary N) is 1. The summed E-state index contributed by atoms with van der Waals surface area (Å²) >= 11 is 5.98. The van der Waals surface area contributed by atoms with Crippen LogP contribution in [0.4, 0.5) is 0 Å². The number of hydrogen-bond donors (Lipinski definition) is 2. The van der Waals surface area contributed by atoms with Crippen LogP contribution in [0.25, 0.3) is 10.9 Å². The fourth-order valence-electron chi connectivity index (χ4n) is 1.78. The van der Waals surface area contributed by atoms with Gasteiger partial charge in [-0.2, -0.15) is 0 Å². The van der Waals surface area contributed by atoms with Gasteiger partial charge in [0.1, 0.15) is 0 Å². The molecular weight excluding hydrogens is 208 g/mol. The molecule has 0 radical (unpaired) electrons. The zero-order valence-corrected chi connectivity index (χ0v) is 9.51. The maximum Gasteiger partial charge on any atom is 0.0457 e. The molecule has 1 unspecified atom stereocenters. The van der Waals surface area contributed by atoms with E-state index in [-0.39, 0.29) is 0 Å². The molecule has 0 spiro atoms. The van der Waals surface area contributed by atoms with E-state index < -0.39 is 0 Å². The molecule has 3 N–H and O–H groups in total. The Balaban J connectivity index is 2.39. The molecule has 0 amide bonds. The Bertz CT molecular complexity index is 462. The standard InChI is InChI=1S/C12H15ClN2/c1-8(6-14)4-9-7-15-12-3-2-10(13)5-11(9)12/h2-3,5,7-8,15H,4,6,14H2,1H3. The molecule has 0 bridgehead atoms. The first-order chi connectivity index (χ1) is 7.20. The topological polar surface area (TPSA) is 41.8 Å². The summed E-state index contributed by atoms with van der Waals surface area (Å²) in [6, 6.07) is 5.91. The summed E-state index contributed by atoms with van der Waals surface area (Å²) in [5, 5.41) is 1.99. The Morgan fingerprint density at radius 3 is 3.00 bits per heavy atom. The highest BCUT2D eigenvalue weighted by Gasteiger charge is 2.07. The van der Waals surface area contributed by atoms with Gasteiger partial charge in [0.2, 0.25) is 0 Å². The van der Waals surface area contributed by atoms with E-state index in [0.29, 0.717) is 12.5 Å².